The Hall–Kier alpha value is -2.62. The Labute approximate surface area is 122 Å². The predicted octanol–water partition coefficient (Wildman–Crippen LogP) is 3.37. The van der Waals surface area contributed by atoms with Gasteiger partial charge in [-0.1, -0.05) is 29.8 Å². The lowest BCUT2D eigenvalue weighted by Crippen LogP contribution is -2.22. The third kappa shape index (κ3) is 2.94. The highest BCUT2D eigenvalue weighted by Gasteiger charge is 2.12. The topological polar surface area (TPSA) is 55.1 Å². The van der Waals surface area contributed by atoms with E-state index in [4.69, 9.17) is 4.42 Å². The number of hydrogen-bond acceptors (Lipinski definition) is 3. The van der Waals surface area contributed by atoms with Crippen LogP contribution in [0.5, 0.6) is 0 Å². The number of carbonyl (C=O) groups is 1. The molecule has 4 heteroatoms. The van der Waals surface area contributed by atoms with Crippen LogP contribution in [0.1, 0.15) is 27.4 Å². The van der Waals surface area contributed by atoms with Crippen molar-refractivity contribution in [1.29, 1.82) is 0 Å². The molecule has 0 aliphatic rings. The number of aromatic nitrogens is 1. The molecule has 4 nitrogen and oxygen atoms in total. The van der Waals surface area contributed by atoms with Gasteiger partial charge in [-0.2, -0.15) is 0 Å². The molecule has 0 bridgehead atoms. The first-order chi connectivity index (χ1) is 10.1. The predicted molar refractivity (Wildman–Crippen MR) is 81.1 cm³/mol. The van der Waals surface area contributed by atoms with Gasteiger partial charge in [0.2, 0.25) is 0 Å². The molecule has 0 saturated heterocycles. The van der Waals surface area contributed by atoms with Gasteiger partial charge in [0, 0.05) is 18.3 Å². The Morgan fingerprint density at radius 3 is 2.67 bits per heavy atom. The Morgan fingerprint density at radius 1 is 1.14 bits per heavy atom. The number of hydrogen-bond donors (Lipinski definition) is 1. The highest BCUT2D eigenvalue weighted by atomic mass is 16.3. The van der Waals surface area contributed by atoms with Crippen LogP contribution >= 0.6 is 0 Å². The molecule has 2 aromatic heterocycles. The Morgan fingerprint density at radius 2 is 1.90 bits per heavy atom. The molecule has 3 aromatic rings. The smallest absolute Gasteiger partial charge is 0.287 e. The van der Waals surface area contributed by atoms with Gasteiger partial charge in [0.25, 0.3) is 5.91 Å². The Balaban J connectivity index is 1.73. The minimum atomic E-state index is -0.230. The van der Waals surface area contributed by atoms with Gasteiger partial charge in [-0.15, -0.1) is 0 Å². The van der Waals surface area contributed by atoms with Gasteiger partial charge in [-0.3, -0.25) is 4.79 Å². The van der Waals surface area contributed by atoms with Crippen LogP contribution < -0.4 is 5.32 Å². The number of aryl methyl sites for hydroxylation is 2. The van der Waals surface area contributed by atoms with Gasteiger partial charge in [0.05, 0.1) is 0 Å². The van der Waals surface area contributed by atoms with Crippen molar-refractivity contribution in [1.82, 2.24) is 10.3 Å². The van der Waals surface area contributed by atoms with Gasteiger partial charge in [-0.05, 0) is 31.5 Å². The summed E-state index contributed by atoms with van der Waals surface area (Å²) in [7, 11) is 0. The molecule has 0 spiro atoms. The van der Waals surface area contributed by atoms with E-state index in [1.54, 1.807) is 6.07 Å². The van der Waals surface area contributed by atoms with Gasteiger partial charge < -0.3 is 9.73 Å². The van der Waals surface area contributed by atoms with Crippen LogP contribution in [0, 0.1) is 13.8 Å². The molecule has 0 aliphatic carbocycles. The maximum absolute atomic E-state index is 12.1. The molecule has 2 heterocycles. The molecule has 0 atom stereocenters. The van der Waals surface area contributed by atoms with Crippen LogP contribution in [0.25, 0.3) is 11.1 Å². The zero-order valence-electron chi connectivity index (χ0n) is 12.0. The van der Waals surface area contributed by atoms with Crippen molar-refractivity contribution in [3.05, 3.63) is 65.0 Å². The minimum Gasteiger partial charge on any atom is -0.449 e. The maximum Gasteiger partial charge on any atom is 0.287 e. The summed E-state index contributed by atoms with van der Waals surface area (Å²) in [4.78, 5) is 16.4. The zero-order chi connectivity index (χ0) is 14.8. The van der Waals surface area contributed by atoms with Crippen molar-refractivity contribution < 1.29 is 9.21 Å². The second-order valence-corrected chi connectivity index (χ2v) is 5.11. The largest absolute Gasteiger partial charge is 0.449 e. The first-order valence-corrected chi connectivity index (χ1v) is 6.83. The number of carbonyl (C=O) groups excluding carboxylic acids is 1. The number of rotatable bonds is 3. The van der Waals surface area contributed by atoms with E-state index in [-0.39, 0.29) is 11.7 Å². The van der Waals surface area contributed by atoms with E-state index >= 15 is 0 Å². The van der Waals surface area contributed by atoms with Crippen LogP contribution in [-0.4, -0.2) is 10.9 Å². The lowest BCUT2D eigenvalue weighted by Gasteiger charge is -2.03. The fourth-order valence-corrected chi connectivity index (χ4v) is 2.11. The van der Waals surface area contributed by atoms with E-state index < -0.39 is 0 Å². The molecule has 21 heavy (non-hydrogen) atoms. The van der Waals surface area contributed by atoms with Crippen LogP contribution in [0.4, 0.5) is 0 Å². The van der Waals surface area contributed by atoms with Gasteiger partial charge in [-0.25, -0.2) is 4.98 Å². The zero-order valence-corrected chi connectivity index (χ0v) is 12.0. The van der Waals surface area contributed by atoms with E-state index in [0.717, 1.165) is 11.3 Å². The summed E-state index contributed by atoms with van der Waals surface area (Å²) in [6.45, 7) is 4.41. The van der Waals surface area contributed by atoms with E-state index in [1.807, 2.05) is 50.2 Å². The standard InChI is InChI=1S/C17H16N2O2/c1-11-3-6-13(7-4-11)10-18-17(20)16-9-14-15(21-16)8-5-12(2)19-14/h3-9H,10H2,1-2H3,(H,18,20). The number of nitrogens with zero attached hydrogens (tertiary/aromatic N) is 1. The molecule has 0 aliphatic heterocycles. The molecule has 106 valence electrons. The molecule has 0 radical (unpaired) electrons. The van der Waals surface area contributed by atoms with Crippen molar-refractivity contribution in [2.24, 2.45) is 0 Å². The van der Waals surface area contributed by atoms with Gasteiger partial charge >= 0.3 is 0 Å². The summed E-state index contributed by atoms with van der Waals surface area (Å²) in [5, 5.41) is 2.85. The number of pyridine rings is 1. The molecule has 1 N–H and O–H groups in total. The van der Waals surface area contributed by atoms with Gasteiger partial charge in [0.15, 0.2) is 11.3 Å². The average Bonchev–Trinajstić information content (AvgIpc) is 2.89. The van der Waals surface area contributed by atoms with Crippen molar-refractivity contribution in [3.8, 4) is 0 Å². The number of amides is 1. The van der Waals surface area contributed by atoms with Crippen LogP contribution in [0.2, 0.25) is 0 Å². The Kier molecular flexibility index (Phi) is 3.44. The molecule has 1 aromatic carbocycles. The summed E-state index contributed by atoms with van der Waals surface area (Å²) in [5.74, 6) is 0.0569. The van der Waals surface area contributed by atoms with Crippen molar-refractivity contribution in [2.75, 3.05) is 0 Å². The lowest BCUT2D eigenvalue weighted by atomic mass is 10.1. The van der Waals surface area contributed by atoms with Crippen molar-refractivity contribution in [2.45, 2.75) is 20.4 Å². The van der Waals surface area contributed by atoms with E-state index in [0.29, 0.717) is 17.6 Å². The summed E-state index contributed by atoms with van der Waals surface area (Å²) in [5.41, 5.74) is 4.48. The molecule has 0 saturated carbocycles. The second kappa shape index (κ2) is 5.40. The van der Waals surface area contributed by atoms with E-state index in [2.05, 4.69) is 10.3 Å². The summed E-state index contributed by atoms with van der Waals surface area (Å²) in [6, 6.07) is 13.4. The molecule has 1 amide bonds. The molecule has 0 unspecified atom stereocenters. The average molecular weight is 280 g/mol. The van der Waals surface area contributed by atoms with E-state index in [9.17, 15) is 4.79 Å². The summed E-state index contributed by atoms with van der Waals surface area (Å²) in [6.07, 6.45) is 0. The molecular formula is C17H16N2O2. The first-order valence-electron chi connectivity index (χ1n) is 6.83. The minimum absolute atomic E-state index is 0.230. The molecular weight excluding hydrogens is 264 g/mol. The monoisotopic (exact) mass is 280 g/mol. The first kappa shape index (κ1) is 13.4. The molecule has 3 rings (SSSR count). The highest BCUT2D eigenvalue weighted by Crippen LogP contribution is 2.17. The Bertz CT molecular complexity index is 788. The number of nitrogens with one attached hydrogen (secondary N) is 1. The third-order valence-electron chi connectivity index (χ3n) is 3.31. The maximum atomic E-state index is 12.1. The fraction of sp³-hybridized carbons (Fsp3) is 0.176. The normalized spacial score (nSPS) is 10.8. The molecule has 0 fully saturated rings. The highest BCUT2D eigenvalue weighted by molar-refractivity contribution is 5.95. The van der Waals surface area contributed by atoms with Crippen molar-refractivity contribution in [3.63, 3.8) is 0 Å². The van der Waals surface area contributed by atoms with Crippen LogP contribution in [0.15, 0.2) is 46.9 Å². The van der Waals surface area contributed by atoms with Gasteiger partial charge in [0.1, 0.15) is 5.52 Å². The number of furan rings is 1. The quantitative estimate of drug-likeness (QED) is 0.800. The summed E-state index contributed by atoms with van der Waals surface area (Å²) >= 11 is 0. The lowest BCUT2D eigenvalue weighted by molar-refractivity contribution is 0.0925. The summed E-state index contributed by atoms with van der Waals surface area (Å²) < 4.78 is 5.52. The van der Waals surface area contributed by atoms with Crippen LogP contribution in [0.3, 0.4) is 0 Å². The fourth-order valence-electron chi connectivity index (χ4n) is 2.11. The van der Waals surface area contributed by atoms with Crippen molar-refractivity contribution >= 4 is 17.0 Å². The van der Waals surface area contributed by atoms with Crippen LogP contribution in [-0.2, 0) is 6.54 Å². The SMILES string of the molecule is Cc1ccc(CNC(=O)c2cc3nc(C)ccc3o2)cc1. The number of benzene rings is 1. The number of fused-ring (bicyclic) bond motifs is 1. The third-order valence-corrected chi connectivity index (χ3v) is 3.31. The van der Waals surface area contributed by atoms with E-state index in [1.165, 1.54) is 5.56 Å². The second-order valence-electron chi connectivity index (χ2n) is 5.11.